The summed E-state index contributed by atoms with van der Waals surface area (Å²) < 4.78 is 16.4. The van der Waals surface area contributed by atoms with E-state index in [1.165, 1.54) is 6.07 Å². The number of aliphatic hydroxyl groups is 1. The van der Waals surface area contributed by atoms with Crippen molar-refractivity contribution in [3.05, 3.63) is 46.8 Å². The van der Waals surface area contributed by atoms with Crippen LogP contribution >= 0.6 is 15.9 Å². The quantitative estimate of drug-likeness (QED) is 0.514. The second-order valence-corrected chi connectivity index (χ2v) is 6.40. The second-order valence-electron chi connectivity index (χ2n) is 5.55. The molecule has 9 heteroatoms. The monoisotopic (exact) mass is 437 g/mol. The fourth-order valence-corrected chi connectivity index (χ4v) is 2.70. The van der Waals surface area contributed by atoms with E-state index in [0.29, 0.717) is 46.6 Å². The molecule has 2 heterocycles. The molecule has 2 aromatic heterocycles. The Bertz CT molecular complexity index is 916. The molecule has 144 valence electrons. The maximum absolute atomic E-state index is 14.1. The minimum absolute atomic E-state index is 0.250. The van der Waals surface area contributed by atoms with Crippen molar-refractivity contribution in [2.24, 2.45) is 5.73 Å². The lowest BCUT2D eigenvalue weighted by molar-refractivity contribution is -0.118. The molecule has 0 saturated heterocycles. The van der Waals surface area contributed by atoms with Crippen LogP contribution in [0.15, 0.2) is 41.0 Å². The van der Waals surface area contributed by atoms with Crippen molar-refractivity contribution in [3.8, 4) is 11.3 Å². The van der Waals surface area contributed by atoms with Crippen LogP contribution < -0.4 is 11.1 Å². The third kappa shape index (κ3) is 5.48. The number of carbonyl (C=O) groups is 1. The zero-order valence-corrected chi connectivity index (χ0v) is 16.4. The molecule has 0 aliphatic carbocycles. The molecule has 4 N–H and O–H groups in total. The van der Waals surface area contributed by atoms with Crippen LogP contribution in [0.2, 0.25) is 0 Å². The van der Waals surface area contributed by atoms with Gasteiger partial charge in [-0.2, -0.15) is 9.61 Å². The van der Waals surface area contributed by atoms with E-state index in [4.69, 9.17) is 10.8 Å². The van der Waals surface area contributed by atoms with E-state index < -0.39 is 0 Å². The van der Waals surface area contributed by atoms with Gasteiger partial charge < -0.3 is 16.2 Å². The number of carbonyl (C=O) groups excluding carboxylic acids is 1. The lowest BCUT2D eigenvalue weighted by atomic mass is 10.1. The first-order chi connectivity index (χ1) is 13.0. The summed E-state index contributed by atoms with van der Waals surface area (Å²) in [5.74, 6) is -0.0244. The number of aromatic nitrogens is 3. The molecule has 0 aliphatic heterocycles. The van der Waals surface area contributed by atoms with E-state index in [9.17, 15) is 9.18 Å². The zero-order valence-electron chi connectivity index (χ0n) is 14.8. The van der Waals surface area contributed by atoms with Crippen LogP contribution in [0.4, 0.5) is 10.2 Å². The van der Waals surface area contributed by atoms with Crippen molar-refractivity contribution in [2.75, 3.05) is 18.5 Å². The van der Waals surface area contributed by atoms with Gasteiger partial charge in [-0.05, 0) is 41.4 Å². The number of aliphatic hydroxyl groups excluding tert-OH is 1. The summed E-state index contributed by atoms with van der Waals surface area (Å²) >= 11 is 3.40. The number of nitrogens with zero attached hydrogens (tertiary/aromatic N) is 3. The SMILES string of the molecule is CCO.NC(=O)CCCNc1cc(-c2ccccc2F)nc2c(Br)cnn12. The first-order valence-corrected chi connectivity index (χ1v) is 9.19. The number of fused-ring (bicyclic) bond motifs is 1. The van der Waals surface area contributed by atoms with Crippen LogP contribution in [-0.2, 0) is 4.79 Å². The normalized spacial score (nSPS) is 10.4. The van der Waals surface area contributed by atoms with Gasteiger partial charge in [0, 0.05) is 31.2 Å². The van der Waals surface area contributed by atoms with Gasteiger partial charge >= 0.3 is 0 Å². The summed E-state index contributed by atoms with van der Waals surface area (Å²) in [6.45, 7) is 2.47. The Balaban J connectivity index is 0.000000817. The largest absolute Gasteiger partial charge is 0.397 e. The standard InChI is InChI=1S/C16H15BrFN5O.C2H6O/c17-11-9-21-23-15(20-7-3-6-14(19)24)8-13(22-16(11)23)10-4-1-2-5-12(10)18;1-2-3/h1-2,4-5,8-9,20H,3,6-7H2,(H2,19,24);3H,2H2,1H3. The summed E-state index contributed by atoms with van der Waals surface area (Å²) in [5, 5.41) is 15.0. The Kier molecular flexibility index (Phi) is 7.68. The molecule has 1 aromatic carbocycles. The maximum atomic E-state index is 14.1. The van der Waals surface area contributed by atoms with E-state index in [1.807, 2.05) is 0 Å². The number of benzene rings is 1. The molecule has 0 saturated carbocycles. The highest BCUT2D eigenvalue weighted by molar-refractivity contribution is 9.10. The summed E-state index contributed by atoms with van der Waals surface area (Å²) in [6.07, 6.45) is 2.52. The molecular weight excluding hydrogens is 417 g/mol. The Morgan fingerprint density at radius 2 is 2.11 bits per heavy atom. The average molecular weight is 438 g/mol. The van der Waals surface area contributed by atoms with Crippen molar-refractivity contribution in [1.82, 2.24) is 14.6 Å². The third-order valence-electron chi connectivity index (χ3n) is 3.48. The fraction of sp³-hybridized carbons (Fsp3) is 0.278. The maximum Gasteiger partial charge on any atom is 0.217 e. The molecule has 27 heavy (non-hydrogen) atoms. The fourth-order valence-electron chi connectivity index (χ4n) is 2.35. The number of hydrogen-bond acceptors (Lipinski definition) is 5. The summed E-state index contributed by atoms with van der Waals surface area (Å²) in [6, 6.07) is 8.20. The van der Waals surface area contributed by atoms with Gasteiger partial charge in [0.2, 0.25) is 5.91 Å². The number of amides is 1. The number of halogens is 2. The van der Waals surface area contributed by atoms with Gasteiger partial charge in [-0.25, -0.2) is 9.37 Å². The van der Waals surface area contributed by atoms with Gasteiger partial charge in [-0.3, -0.25) is 4.79 Å². The first kappa shape index (κ1) is 20.8. The van der Waals surface area contributed by atoms with Crippen molar-refractivity contribution in [3.63, 3.8) is 0 Å². The highest BCUT2D eigenvalue weighted by atomic mass is 79.9. The van der Waals surface area contributed by atoms with Gasteiger partial charge in [0.1, 0.15) is 11.6 Å². The van der Waals surface area contributed by atoms with Crippen LogP contribution in [-0.4, -0.2) is 38.8 Å². The molecule has 0 fully saturated rings. The smallest absolute Gasteiger partial charge is 0.217 e. The van der Waals surface area contributed by atoms with Gasteiger partial charge in [0.25, 0.3) is 0 Å². The lowest BCUT2D eigenvalue weighted by Gasteiger charge is -2.11. The Morgan fingerprint density at radius 3 is 2.78 bits per heavy atom. The average Bonchev–Trinajstić information content (AvgIpc) is 3.01. The van der Waals surface area contributed by atoms with Crippen molar-refractivity contribution >= 4 is 33.3 Å². The number of nitrogens with two attached hydrogens (primary N) is 1. The lowest BCUT2D eigenvalue weighted by Crippen LogP contribution is -2.14. The summed E-state index contributed by atoms with van der Waals surface area (Å²) in [7, 11) is 0. The van der Waals surface area contributed by atoms with Crippen LogP contribution in [0.25, 0.3) is 16.9 Å². The van der Waals surface area contributed by atoms with Crippen LogP contribution in [0.5, 0.6) is 0 Å². The van der Waals surface area contributed by atoms with Gasteiger partial charge in [-0.15, -0.1) is 0 Å². The topological polar surface area (TPSA) is 106 Å². The van der Waals surface area contributed by atoms with Crippen LogP contribution in [0, 0.1) is 5.82 Å². The number of anilines is 1. The minimum Gasteiger partial charge on any atom is -0.397 e. The highest BCUT2D eigenvalue weighted by Gasteiger charge is 2.13. The van der Waals surface area contributed by atoms with Crippen LogP contribution in [0.3, 0.4) is 0 Å². The third-order valence-corrected chi connectivity index (χ3v) is 4.04. The van der Waals surface area contributed by atoms with E-state index >= 15 is 0 Å². The summed E-state index contributed by atoms with van der Waals surface area (Å²) in [4.78, 5) is 15.3. The minimum atomic E-state index is -0.343. The molecule has 0 aliphatic rings. The molecule has 0 atom stereocenters. The molecule has 0 spiro atoms. The summed E-state index contributed by atoms with van der Waals surface area (Å²) in [5.41, 5.74) is 6.63. The Hall–Kier alpha value is -2.52. The Morgan fingerprint density at radius 1 is 1.41 bits per heavy atom. The van der Waals surface area contributed by atoms with Crippen molar-refractivity contribution < 1.29 is 14.3 Å². The molecule has 3 aromatic rings. The predicted molar refractivity (Wildman–Crippen MR) is 106 cm³/mol. The van der Waals surface area contributed by atoms with E-state index in [0.717, 1.165) is 0 Å². The van der Waals surface area contributed by atoms with Gasteiger partial charge in [-0.1, -0.05) is 12.1 Å². The van der Waals surface area contributed by atoms with E-state index in [2.05, 4.69) is 31.3 Å². The molecule has 0 bridgehead atoms. The van der Waals surface area contributed by atoms with Crippen molar-refractivity contribution in [1.29, 1.82) is 0 Å². The van der Waals surface area contributed by atoms with E-state index in [1.54, 1.807) is 41.9 Å². The van der Waals surface area contributed by atoms with Crippen molar-refractivity contribution in [2.45, 2.75) is 19.8 Å². The molecule has 0 radical (unpaired) electrons. The first-order valence-electron chi connectivity index (χ1n) is 8.40. The molecule has 0 unspecified atom stereocenters. The van der Waals surface area contributed by atoms with Crippen LogP contribution in [0.1, 0.15) is 19.8 Å². The molecular formula is C18H21BrFN5O2. The number of hydrogen-bond donors (Lipinski definition) is 3. The number of rotatable bonds is 6. The van der Waals surface area contributed by atoms with Gasteiger partial charge in [0.05, 0.1) is 16.4 Å². The zero-order chi connectivity index (χ0) is 19.8. The molecule has 7 nitrogen and oxygen atoms in total. The second kappa shape index (κ2) is 9.98. The molecule has 1 amide bonds. The van der Waals surface area contributed by atoms with Gasteiger partial charge in [0.15, 0.2) is 5.65 Å². The number of primary amides is 1. The predicted octanol–water partition coefficient (Wildman–Crippen LogP) is 2.97. The highest BCUT2D eigenvalue weighted by Crippen LogP contribution is 2.27. The number of nitrogens with one attached hydrogen (secondary N) is 1. The Labute approximate surface area is 164 Å². The van der Waals surface area contributed by atoms with E-state index in [-0.39, 0.29) is 18.3 Å². The molecule has 3 rings (SSSR count).